The Labute approximate surface area is 117 Å². The van der Waals surface area contributed by atoms with Crippen molar-refractivity contribution < 1.29 is 17.9 Å². The van der Waals surface area contributed by atoms with Crippen molar-refractivity contribution in [2.24, 2.45) is 5.92 Å². The van der Waals surface area contributed by atoms with Crippen LogP contribution in [0.25, 0.3) is 0 Å². The number of non-ortho nitro benzene ring substituents is 1. The molecule has 1 aliphatic rings. The lowest BCUT2D eigenvalue weighted by molar-refractivity contribution is -0.385. The standard InChI is InChI=1S/C13H17NO5S/c1-9-4-2-3-5-11(9)12-8-10(14(15)16)6-7-13(12)20(17,18)19/h6-9,11H,2-5H2,1H3,(H,17,18,19). The Morgan fingerprint density at radius 3 is 2.50 bits per heavy atom. The third-order valence-electron chi connectivity index (χ3n) is 3.99. The minimum Gasteiger partial charge on any atom is -0.282 e. The summed E-state index contributed by atoms with van der Waals surface area (Å²) < 4.78 is 32.3. The van der Waals surface area contributed by atoms with Crippen LogP contribution in [0.4, 0.5) is 5.69 Å². The van der Waals surface area contributed by atoms with Gasteiger partial charge in [0, 0.05) is 12.1 Å². The molecule has 0 radical (unpaired) electrons. The van der Waals surface area contributed by atoms with Crippen LogP contribution in [0.2, 0.25) is 0 Å². The van der Waals surface area contributed by atoms with Gasteiger partial charge in [0.15, 0.2) is 0 Å². The molecular formula is C13H17NO5S. The molecule has 0 saturated heterocycles. The van der Waals surface area contributed by atoms with Crippen molar-refractivity contribution in [3.63, 3.8) is 0 Å². The van der Waals surface area contributed by atoms with E-state index in [0.717, 1.165) is 37.8 Å². The summed E-state index contributed by atoms with van der Waals surface area (Å²) in [4.78, 5) is 10.1. The summed E-state index contributed by atoms with van der Waals surface area (Å²) in [5.74, 6) is 0.173. The fraction of sp³-hybridized carbons (Fsp3) is 0.538. The van der Waals surface area contributed by atoms with Gasteiger partial charge >= 0.3 is 0 Å². The van der Waals surface area contributed by atoms with Crippen molar-refractivity contribution in [3.05, 3.63) is 33.9 Å². The zero-order valence-electron chi connectivity index (χ0n) is 11.2. The Kier molecular flexibility index (Phi) is 4.10. The third kappa shape index (κ3) is 2.99. The maximum atomic E-state index is 11.5. The summed E-state index contributed by atoms with van der Waals surface area (Å²) in [6.45, 7) is 2.01. The molecule has 1 N–H and O–H groups in total. The van der Waals surface area contributed by atoms with E-state index < -0.39 is 15.0 Å². The van der Waals surface area contributed by atoms with Crippen molar-refractivity contribution in [3.8, 4) is 0 Å². The van der Waals surface area contributed by atoms with Crippen LogP contribution in [-0.2, 0) is 10.1 Å². The molecule has 0 amide bonds. The molecule has 2 unspecified atom stereocenters. The van der Waals surface area contributed by atoms with E-state index in [4.69, 9.17) is 0 Å². The summed E-state index contributed by atoms with van der Waals surface area (Å²) in [5, 5.41) is 10.9. The van der Waals surface area contributed by atoms with Gasteiger partial charge in [-0.15, -0.1) is 0 Å². The van der Waals surface area contributed by atoms with E-state index in [1.54, 1.807) is 0 Å². The molecule has 1 saturated carbocycles. The first-order chi connectivity index (χ1) is 9.30. The van der Waals surface area contributed by atoms with Crippen LogP contribution >= 0.6 is 0 Å². The number of hydrogen-bond acceptors (Lipinski definition) is 4. The minimum atomic E-state index is -4.37. The molecular weight excluding hydrogens is 282 g/mol. The fourth-order valence-corrected chi connectivity index (χ4v) is 3.70. The molecule has 0 spiro atoms. The van der Waals surface area contributed by atoms with Crippen LogP contribution in [-0.4, -0.2) is 17.9 Å². The molecule has 20 heavy (non-hydrogen) atoms. The molecule has 1 aliphatic carbocycles. The quantitative estimate of drug-likeness (QED) is 0.525. The van der Waals surface area contributed by atoms with E-state index in [1.807, 2.05) is 6.92 Å². The number of nitro benzene ring substituents is 1. The van der Waals surface area contributed by atoms with Crippen molar-refractivity contribution >= 4 is 15.8 Å². The molecule has 6 nitrogen and oxygen atoms in total. The second-order valence-electron chi connectivity index (χ2n) is 5.32. The zero-order chi connectivity index (χ0) is 14.9. The summed E-state index contributed by atoms with van der Waals surface area (Å²) in [6.07, 6.45) is 3.78. The normalized spacial score (nSPS) is 23.5. The van der Waals surface area contributed by atoms with Gasteiger partial charge in [0.1, 0.15) is 0 Å². The minimum absolute atomic E-state index is 0.0689. The van der Waals surface area contributed by atoms with Gasteiger partial charge < -0.3 is 0 Å². The summed E-state index contributed by atoms with van der Waals surface area (Å²) in [5.41, 5.74) is 0.221. The van der Waals surface area contributed by atoms with Crippen LogP contribution < -0.4 is 0 Å². The van der Waals surface area contributed by atoms with Crippen molar-refractivity contribution in [2.45, 2.75) is 43.4 Å². The molecule has 0 aromatic heterocycles. The monoisotopic (exact) mass is 299 g/mol. The van der Waals surface area contributed by atoms with Gasteiger partial charge in [-0.25, -0.2) is 0 Å². The number of rotatable bonds is 3. The SMILES string of the molecule is CC1CCCCC1c1cc([N+](=O)[O-])ccc1S(=O)(=O)O. The zero-order valence-corrected chi connectivity index (χ0v) is 12.0. The Morgan fingerprint density at radius 1 is 1.30 bits per heavy atom. The van der Waals surface area contributed by atoms with Gasteiger partial charge in [-0.3, -0.25) is 14.7 Å². The van der Waals surface area contributed by atoms with Crippen LogP contribution in [0.5, 0.6) is 0 Å². The fourth-order valence-electron chi connectivity index (χ4n) is 2.95. The lowest BCUT2D eigenvalue weighted by Gasteiger charge is -2.29. The lowest BCUT2D eigenvalue weighted by Crippen LogP contribution is -2.18. The molecule has 1 aromatic carbocycles. The molecule has 0 aliphatic heterocycles. The van der Waals surface area contributed by atoms with Gasteiger partial charge in [0.25, 0.3) is 15.8 Å². The van der Waals surface area contributed by atoms with E-state index in [-0.39, 0.29) is 22.4 Å². The maximum absolute atomic E-state index is 11.5. The number of nitrogens with zero attached hydrogens (tertiary/aromatic N) is 1. The second kappa shape index (κ2) is 5.49. The Bertz CT molecular complexity index is 626. The van der Waals surface area contributed by atoms with Gasteiger partial charge in [-0.2, -0.15) is 8.42 Å². The maximum Gasteiger partial charge on any atom is 0.294 e. The van der Waals surface area contributed by atoms with Crippen molar-refractivity contribution in [1.29, 1.82) is 0 Å². The molecule has 7 heteroatoms. The molecule has 2 rings (SSSR count). The molecule has 2 atom stereocenters. The lowest BCUT2D eigenvalue weighted by atomic mass is 9.76. The van der Waals surface area contributed by atoms with E-state index in [1.165, 1.54) is 6.07 Å². The van der Waals surface area contributed by atoms with Crippen LogP contribution in [0.3, 0.4) is 0 Å². The average molecular weight is 299 g/mol. The van der Waals surface area contributed by atoms with Gasteiger partial charge in [0.05, 0.1) is 9.82 Å². The first-order valence-corrected chi connectivity index (χ1v) is 8.00. The third-order valence-corrected chi connectivity index (χ3v) is 4.92. The van der Waals surface area contributed by atoms with Crippen molar-refractivity contribution in [2.75, 3.05) is 0 Å². The summed E-state index contributed by atoms with van der Waals surface area (Å²) in [6, 6.07) is 3.53. The smallest absolute Gasteiger partial charge is 0.282 e. The summed E-state index contributed by atoms with van der Waals surface area (Å²) >= 11 is 0. The number of nitro groups is 1. The van der Waals surface area contributed by atoms with Gasteiger partial charge in [0.2, 0.25) is 0 Å². The van der Waals surface area contributed by atoms with Crippen LogP contribution in [0.15, 0.2) is 23.1 Å². The van der Waals surface area contributed by atoms with E-state index in [0.29, 0.717) is 5.56 Å². The Hall–Kier alpha value is -1.47. The average Bonchev–Trinajstić information content (AvgIpc) is 2.37. The van der Waals surface area contributed by atoms with E-state index in [2.05, 4.69) is 0 Å². The van der Waals surface area contributed by atoms with Crippen LogP contribution in [0, 0.1) is 16.0 Å². The largest absolute Gasteiger partial charge is 0.294 e. The highest BCUT2D eigenvalue weighted by molar-refractivity contribution is 7.85. The van der Waals surface area contributed by atoms with E-state index in [9.17, 15) is 23.1 Å². The molecule has 0 bridgehead atoms. The first-order valence-electron chi connectivity index (χ1n) is 6.56. The number of hydrogen-bond donors (Lipinski definition) is 1. The topological polar surface area (TPSA) is 97.5 Å². The predicted octanol–water partition coefficient (Wildman–Crippen LogP) is 3.14. The summed E-state index contributed by atoms with van der Waals surface area (Å²) in [7, 11) is -4.37. The molecule has 1 aromatic rings. The van der Waals surface area contributed by atoms with Crippen molar-refractivity contribution in [1.82, 2.24) is 0 Å². The predicted molar refractivity (Wildman–Crippen MR) is 73.3 cm³/mol. The molecule has 0 heterocycles. The Balaban J connectivity index is 2.57. The van der Waals surface area contributed by atoms with Crippen LogP contribution in [0.1, 0.15) is 44.1 Å². The second-order valence-corrected chi connectivity index (χ2v) is 6.71. The molecule has 1 fully saturated rings. The molecule has 110 valence electrons. The van der Waals surface area contributed by atoms with E-state index >= 15 is 0 Å². The highest BCUT2D eigenvalue weighted by Crippen LogP contribution is 2.41. The number of benzene rings is 1. The van der Waals surface area contributed by atoms with Gasteiger partial charge in [-0.1, -0.05) is 26.2 Å². The highest BCUT2D eigenvalue weighted by Gasteiger charge is 2.29. The Morgan fingerprint density at radius 2 is 1.95 bits per heavy atom. The first kappa shape index (κ1) is 14.9. The van der Waals surface area contributed by atoms with Gasteiger partial charge in [-0.05, 0) is 29.9 Å². The highest BCUT2D eigenvalue weighted by atomic mass is 32.2.